The van der Waals surface area contributed by atoms with Crippen LogP contribution in [0.15, 0.2) is 24.3 Å². The Hall–Kier alpha value is -1.59. The Kier molecular flexibility index (Phi) is 4.30. The van der Waals surface area contributed by atoms with Crippen molar-refractivity contribution in [3.05, 3.63) is 35.4 Å². The van der Waals surface area contributed by atoms with E-state index in [1.54, 1.807) is 0 Å². The summed E-state index contributed by atoms with van der Waals surface area (Å²) in [6.07, 6.45) is -0.214. The van der Waals surface area contributed by atoms with E-state index in [0.29, 0.717) is 6.54 Å². The highest BCUT2D eigenvalue weighted by Crippen LogP contribution is 2.32. The molecule has 1 atom stereocenters. The highest BCUT2D eigenvalue weighted by molar-refractivity contribution is 5.68. The number of fused-ring (bicyclic) bond motifs is 1. The van der Waals surface area contributed by atoms with Crippen LogP contribution in [0.4, 0.5) is 4.79 Å². The van der Waals surface area contributed by atoms with Crippen LogP contribution in [0, 0.1) is 0 Å². The first kappa shape index (κ1) is 14.8. The van der Waals surface area contributed by atoms with Gasteiger partial charge < -0.3 is 4.74 Å². The number of rotatable bonds is 2. The Morgan fingerprint density at radius 1 is 1.30 bits per heavy atom. The molecular formula is C15H21NO4. The highest BCUT2D eigenvalue weighted by atomic mass is 17.2. The second-order valence-corrected chi connectivity index (χ2v) is 5.76. The first-order valence-electron chi connectivity index (χ1n) is 6.69. The van der Waals surface area contributed by atoms with Gasteiger partial charge in [-0.25, -0.2) is 14.6 Å². The van der Waals surface area contributed by atoms with Crippen LogP contribution in [0.3, 0.4) is 0 Å². The van der Waals surface area contributed by atoms with E-state index in [1.807, 2.05) is 45.0 Å². The number of methoxy groups -OCH3 is 1. The second kappa shape index (κ2) is 5.81. The van der Waals surface area contributed by atoms with Crippen LogP contribution in [0.1, 0.15) is 38.1 Å². The number of carbonyl (C=O) groups is 1. The van der Waals surface area contributed by atoms with E-state index < -0.39 is 17.9 Å². The minimum absolute atomic E-state index is 0.415. The lowest BCUT2D eigenvalue weighted by molar-refractivity contribution is -0.395. The van der Waals surface area contributed by atoms with E-state index >= 15 is 0 Å². The summed E-state index contributed by atoms with van der Waals surface area (Å²) in [5, 5.41) is 0. The van der Waals surface area contributed by atoms with Crippen molar-refractivity contribution in [2.24, 2.45) is 0 Å². The van der Waals surface area contributed by atoms with Crippen molar-refractivity contribution in [1.29, 1.82) is 0 Å². The number of amides is 1. The zero-order valence-electron chi connectivity index (χ0n) is 12.4. The summed E-state index contributed by atoms with van der Waals surface area (Å²) in [7, 11) is 1.37. The van der Waals surface area contributed by atoms with Crippen LogP contribution in [0.2, 0.25) is 0 Å². The topological polar surface area (TPSA) is 48.0 Å². The molecule has 5 nitrogen and oxygen atoms in total. The lowest BCUT2D eigenvalue weighted by Crippen LogP contribution is -2.42. The summed E-state index contributed by atoms with van der Waals surface area (Å²) in [6.45, 7) is 6.22. The molecule has 0 saturated heterocycles. The van der Waals surface area contributed by atoms with Crippen LogP contribution in [-0.4, -0.2) is 30.2 Å². The van der Waals surface area contributed by atoms with Gasteiger partial charge in [0, 0.05) is 12.1 Å². The Balaban J connectivity index is 2.26. The molecule has 0 bridgehead atoms. The van der Waals surface area contributed by atoms with Crippen molar-refractivity contribution in [3.63, 3.8) is 0 Å². The smallest absolute Gasteiger partial charge is 0.411 e. The fourth-order valence-corrected chi connectivity index (χ4v) is 2.13. The maximum Gasteiger partial charge on any atom is 0.411 e. The molecule has 1 aliphatic rings. The lowest BCUT2D eigenvalue weighted by atomic mass is 9.99. The molecule has 0 radical (unpaired) electrons. The SMILES string of the molecule is COC(=O)N1CCc2ccccc2C1OOC(C)(C)C. The number of carbonyl (C=O) groups excluding carboxylic acids is 1. The molecule has 0 spiro atoms. The fraction of sp³-hybridized carbons (Fsp3) is 0.533. The minimum Gasteiger partial charge on any atom is -0.453 e. The van der Waals surface area contributed by atoms with E-state index in [-0.39, 0.29) is 0 Å². The zero-order chi connectivity index (χ0) is 14.8. The molecule has 5 heteroatoms. The molecule has 1 aromatic rings. The minimum atomic E-state index is -0.577. The van der Waals surface area contributed by atoms with Gasteiger partial charge >= 0.3 is 6.09 Å². The molecule has 0 aliphatic carbocycles. The third kappa shape index (κ3) is 3.29. The summed E-state index contributed by atoms with van der Waals surface area (Å²) < 4.78 is 4.82. The standard InChI is InChI=1S/C15H21NO4/c1-15(2,3)20-19-13-12-8-6-5-7-11(12)9-10-16(13)14(17)18-4/h5-8,13H,9-10H2,1-4H3. The third-order valence-electron chi connectivity index (χ3n) is 3.02. The molecule has 1 unspecified atom stereocenters. The van der Waals surface area contributed by atoms with Crippen molar-refractivity contribution < 1.29 is 19.3 Å². The Morgan fingerprint density at radius 3 is 2.65 bits per heavy atom. The van der Waals surface area contributed by atoms with Gasteiger partial charge in [0.05, 0.1) is 12.7 Å². The molecule has 0 saturated carbocycles. The van der Waals surface area contributed by atoms with Gasteiger partial charge in [-0.05, 0) is 32.8 Å². The van der Waals surface area contributed by atoms with E-state index in [4.69, 9.17) is 14.5 Å². The molecule has 20 heavy (non-hydrogen) atoms. The van der Waals surface area contributed by atoms with E-state index in [0.717, 1.165) is 17.5 Å². The summed E-state index contributed by atoms with van der Waals surface area (Å²) in [4.78, 5) is 24.4. The molecular weight excluding hydrogens is 258 g/mol. The monoisotopic (exact) mass is 279 g/mol. The molecule has 1 aliphatic heterocycles. The van der Waals surface area contributed by atoms with Gasteiger partial charge in [0.1, 0.15) is 0 Å². The van der Waals surface area contributed by atoms with Crippen molar-refractivity contribution in [2.75, 3.05) is 13.7 Å². The Bertz CT molecular complexity index is 481. The van der Waals surface area contributed by atoms with Crippen LogP contribution >= 0.6 is 0 Å². The molecule has 0 aromatic heterocycles. The van der Waals surface area contributed by atoms with Gasteiger partial charge in [-0.15, -0.1) is 0 Å². The van der Waals surface area contributed by atoms with Crippen molar-refractivity contribution >= 4 is 6.09 Å². The molecule has 1 heterocycles. The molecule has 0 fully saturated rings. The predicted molar refractivity (Wildman–Crippen MR) is 73.9 cm³/mol. The second-order valence-electron chi connectivity index (χ2n) is 5.76. The third-order valence-corrected chi connectivity index (χ3v) is 3.02. The van der Waals surface area contributed by atoms with Crippen LogP contribution in [-0.2, 0) is 20.9 Å². The fourth-order valence-electron chi connectivity index (χ4n) is 2.13. The number of benzene rings is 1. The maximum absolute atomic E-state index is 11.9. The first-order valence-corrected chi connectivity index (χ1v) is 6.69. The van der Waals surface area contributed by atoms with Gasteiger partial charge in [0.25, 0.3) is 0 Å². The summed E-state index contributed by atoms with van der Waals surface area (Å²) >= 11 is 0. The van der Waals surface area contributed by atoms with E-state index in [1.165, 1.54) is 12.0 Å². The molecule has 110 valence electrons. The average Bonchev–Trinajstić information content (AvgIpc) is 2.42. The Morgan fingerprint density at radius 2 is 2.00 bits per heavy atom. The molecule has 1 aromatic carbocycles. The van der Waals surface area contributed by atoms with Gasteiger partial charge in [-0.3, -0.25) is 4.90 Å². The van der Waals surface area contributed by atoms with Gasteiger partial charge in [-0.2, -0.15) is 0 Å². The first-order chi connectivity index (χ1) is 9.42. The number of ether oxygens (including phenoxy) is 1. The zero-order valence-corrected chi connectivity index (χ0v) is 12.4. The number of hydrogen-bond donors (Lipinski definition) is 0. The van der Waals surface area contributed by atoms with Gasteiger partial charge in [0.15, 0.2) is 6.23 Å². The molecule has 2 rings (SSSR count). The number of nitrogens with zero attached hydrogens (tertiary/aromatic N) is 1. The highest BCUT2D eigenvalue weighted by Gasteiger charge is 2.34. The summed E-state index contributed by atoms with van der Waals surface area (Å²) in [5.74, 6) is 0. The van der Waals surface area contributed by atoms with Crippen molar-refractivity contribution in [2.45, 2.75) is 39.0 Å². The normalized spacial score (nSPS) is 18.6. The quantitative estimate of drug-likeness (QED) is 0.616. The average molecular weight is 279 g/mol. The molecule has 1 amide bonds. The van der Waals surface area contributed by atoms with Gasteiger partial charge in [0.2, 0.25) is 0 Å². The largest absolute Gasteiger partial charge is 0.453 e. The molecule has 0 N–H and O–H groups in total. The van der Waals surface area contributed by atoms with Gasteiger partial charge in [-0.1, -0.05) is 24.3 Å². The maximum atomic E-state index is 11.9. The Labute approximate surface area is 119 Å². The van der Waals surface area contributed by atoms with Crippen molar-refractivity contribution in [3.8, 4) is 0 Å². The summed E-state index contributed by atoms with van der Waals surface area (Å²) in [6, 6.07) is 7.89. The van der Waals surface area contributed by atoms with Crippen molar-refractivity contribution in [1.82, 2.24) is 4.90 Å². The lowest BCUT2D eigenvalue weighted by Gasteiger charge is -2.36. The predicted octanol–water partition coefficient (Wildman–Crippen LogP) is 3.06. The van der Waals surface area contributed by atoms with E-state index in [9.17, 15) is 4.79 Å². The number of hydrogen-bond acceptors (Lipinski definition) is 4. The van der Waals surface area contributed by atoms with Crippen LogP contribution in [0.5, 0.6) is 0 Å². The van der Waals surface area contributed by atoms with E-state index in [2.05, 4.69) is 0 Å². The van der Waals surface area contributed by atoms with Crippen LogP contribution < -0.4 is 0 Å². The summed E-state index contributed by atoms with van der Waals surface area (Å²) in [5.41, 5.74) is 1.65. The van der Waals surface area contributed by atoms with Crippen LogP contribution in [0.25, 0.3) is 0 Å².